The summed E-state index contributed by atoms with van der Waals surface area (Å²) in [5.41, 5.74) is 2.07. The van der Waals surface area contributed by atoms with Gasteiger partial charge in [0.2, 0.25) is 0 Å². The summed E-state index contributed by atoms with van der Waals surface area (Å²) in [6.45, 7) is 0.566. The maximum Gasteiger partial charge on any atom is 0.328 e. The van der Waals surface area contributed by atoms with Crippen LogP contribution in [-0.4, -0.2) is 27.0 Å². The Kier molecular flexibility index (Phi) is 5.70. The average Bonchev–Trinajstić information content (AvgIpc) is 2.98. The molecule has 0 saturated heterocycles. The zero-order valence-electron chi connectivity index (χ0n) is 17.3. The third-order valence-corrected chi connectivity index (χ3v) is 6.29. The number of benzene rings is 1. The molecule has 1 fully saturated rings. The van der Waals surface area contributed by atoms with Crippen LogP contribution in [-0.2, 0) is 24.8 Å². The van der Waals surface area contributed by atoms with Crippen molar-refractivity contribution in [3.8, 4) is 5.75 Å². The molecule has 1 aromatic carbocycles. The Morgan fingerprint density at radius 2 is 1.87 bits per heavy atom. The maximum atomic E-state index is 14.1. The monoisotopic (exact) mass is 411 g/mol. The van der Waals surface area contributed by atoms with Crippen LogP contribution in [0.15, 0.2) is 41.5 Å². The summed E-state index contributed by atoms with van der Waals surface area (Å²) in [6.07, 6.45) is 7.34. The molecule has 0 unspecified atom stereocenters. The van der Waals surface area contributed by atoms with Crippen LogP contribution in [0.2, 0.25) is 0 Å². The summed E-state index contributed by atoms with van der Waals surface area (Å²) < 4.78 is 22.4. The first kappa shape index (κ1) is 20.3. The number of hydrogen-bond acceptors (Lipinski definition) is 4. The molecule has 6 nitrogen and oxygen atoms in total. The number of halogens is 1. The standard InChI is InChI=1S/C23H26FN3O3/c1-26-19-12-18(24)22(30-2)13-20(19)27(23(26)29)14-16-3-5-17(6-4-16)21(28)11-15-7-9-25-10-8-15/h7-10,12-13,16-17H,3-6,11,14H2,1-2H3. The van der Waals surface area contributed by atoms with Gasteiger partial charge in [0.1, 0.15) is 5.78 Å². The number of fused-ring (bicyclic) bond motifs is 1. The van der Waals surface area contributed by atoms with E-state index in [1.54, 1.807) is 30.1 Å². The lowest BCUT2D eigenvalue weighted by molar-refractivity contribution is -0.123. The smallest absolute Gasteiger partial charge is 0.328 e. The number of aromatic nitrogens is 3. The van der Waals surface area contributed by atoms with E-state index in [0.29, 0.717) is 29.9 Å². The molecule has 0 radical (unpaired) electrons. The highest BCUT2D eigenvalue weighted by atomic mass is 19.1. The van der Waals surface area contributed by atoms with Crippen LogP contribution < -0.4 is 10.4 Å². The highest BCUT2D eigenvalue weighted by Gasteiger charge is 2.27. The number of imidazole rings is 1. The molecular weight excluding hydrogens is 385 g/mol. The summed E-state index contributed by atoms with van der Waals surface area (Å²) in [4.78, 5) is 29.4. The van der Waals surface area contributed by atoms with E-state index in [9.17, 15) is 14.0 Å². The molecule has 1 aliphatic carbocycles. The SMILES string of the molecule is COc1cc2c(cc1F)n(C)c(=O)n2CC1CCC(C(=O)Cc2ccncc2)CC1. The van der Waals surface area contributed by atoms with Gasteiger partial charge in [-0.2, -0.15) is 0 Å². The molecule has 2 aromatic heterocycles. The summed E-state index contributed by atoms with van der Waals surface area (Å²) >= 11 is 0. The second-order valence-corrected chi connectivity index (χ2v) is 8.14. The summed E-state index contributed by atoms with van der Waals surface area (Å²) in [6, 6.07) is 6.71. The molecule has 0 amide bonds. The lowest BCUT2D eigenvalue weighted by Gasteiger charge is -2.28. The zero-order chi connectivity index (χ0) is 21.3. The molecule has 1 saturated carbocycles. The van der Waals surface area contributed by atoms with E-state index in [-0.39, 0.29) is 23.1 Å². The van der Waals surface area contributed by atoms with Gasteiger partial charge in [0, 0.05) is 50.5 Å². The van der Waals surface area contributed by atoms with Crippen LogP contribution in [0.4, 0.5) is 4.39 Å². The number of ketones is 1. The molecule has 1 aliphatic rings. The van der Waals surface area contributed by atoms with Crippen molar-refractivity contribution >= 4 is 16.8 Å². The molecule has 0 spiro atoms. The Balaban J connectivity index is 1.45. The summed E-state index contributed by atoms with van der Waals surface area (Å²) in [5.74, 6) is 0.322. The fourth-order valence-electron chi connectivity index (χ4n) is 4.51. The van der Waals surface area contributed by atoms with Gasteiger partial charge >= 0.3 is 5.69 Å². The van der Waals surface area contributed by atoms with E-state index in [1.165, 1.54) is 17.7 Å². The number of rotatable bonds is 6. The van der Waals surface area contributed by atoms with Gasteiger partial charge in [-0.25, -0.2) is 9.18 Å². The minimum absolute atomic E-state index is 0.0767. The van der Waals surface area contributed by atoms with Crippen LogP contribution >= 0.6 is 0 Å². The van der Waals surface area contributed by atoms with E-state index in [2.05, 4.69) is 4.98 Å². The van der Waals surface area contributed by atoms with Crippen molar-refractivity contribution < 1.29 is 13.9 Å². The van der Waals surface area contributed by atoms with Gasteiger partial charge in [0.05, 0.1) is 18.1 Å². The highest BCUT2D eigenvalue weighted by molar-refractivity contribution is 5.83. The van der Waals surface area contributed by atoms with Crippen molar-refractivity contribution in [3.63, 3.8) is 0 Å². The Labute approximate surface area is 174 Å². The first-order chi connectivity index (χ1) is 14.5. The van der Waals surface area contributed by atoms with Gasteiger partial charge in [0.25, 0.3) is 0 Å². The number of nitrogens with zero attached hydrogens (tertiary/aromatic N) is 3. The Morgan fingerprint density at radius 3 is 2.53 bits per heavy atom. The number of ether oxygens (including phenoxy) is 1. The molecule has 158 valence electrons. The molecule has 0 N–H and O–H groups in total. The summed E-state index contributed by atoms with van der Waals surface area (Å²) in [7, 11) is 3.07. The number of Topliss-reactive ketones (excluding diaryl/α,β-unsaturated/α-hetero) is 1. The third-order valence-electron chi connectivity index (χ3n) is 6.29. The quantitative estimate of drug-likeness (QED) is 0.623. The molecule has 0 aliphatic heterocycles. The van der Waals surface area contributed by atoms with Crippen LogP contribution in [0.5, 0.6) is 5.75 Å². The van der Waals surface area contributed by atoms with Crippen LogP contribution in [0.25, 0.3) is 11.0 Å². The molecule has 2 heterocycles. The Hall–Kier alpha value is -2.96. The number of methoxy groups -OCH3 is 1. The predicted molar refractivity (Wildman–Crippen MR) is 112 cm³/mol. The second kappa shape index (κ2) is 8.42. The van der Waals surface area contributed by atoms with Crippen molar-refractivity contribution in [2.24, 2.45) is 18.9 Å². The lowest BCUT2D eigenvalue weighted by Crippen LogP contribution is -2.29. The molecule has 4 rings (SSSR count). The van der Waals surface area contributed by atoms with E-state index in [0.717, 1.165) is 31.2 Å². The van der Waals surface area contributed by atoms with Gasteiger partial charge in [-0.1, -0.05) is 0 Å². The summed E-state index contributed by atoms with van der Waals surface area (Å²) in [5, 5.41) is 0. The maximum absolute atomic E-state index is 14.1. The molecule has 30 heavy (non-hydrogen) atoms. The van der Waals surface area contributed by atoms with Gasteiger partial charge in [-0.3, -0.25) is 18.9 Å². The van der Waals surface area contributed by atoms with Gasteiger partial charge in [0.15, 0.2) is 11.6 Å². The normalized spacial score (nSPS) is 19.2. The molecule has 3 aromatic rings. The molecular formula is C23H26FN3O3. The van der Waals surface area contributed by atoms with E-state index >= 15 is 0 Å². The van der Waals surface area contributed by atoms with Crippen molar-refractivity contribution in [2.45, 2.75) is 38.6 Å². The number of pyridine rings is 1. The van der Waals surface area contributed by atoms with Crippen molar-refractivity contribution in [3.05, 3.63) is 58.5 Å². The minimum atomic E-state index is -0.481. The second-order valence-electron chi connectivity index (χ2n) is 8.14. The topological polar surface area (TPSA) is 66.1 Å². The molecule has 0 atom stereocenters. The van der Waals surface area contributed by atoms with Crippen LogP contribution in [0.1, 0.15) is 31.2 Å². The zero-order valence-corrected chi connectivity index (χ0v) is 17.3. The Morgan fingerprint density at radius 1 is 1.17 bits per heavy atom. The number of carbonyl (C=O) groups is 1. The van der Waals surface area contributed by atoms with Crippen LogP contribution in [0.3, 0.4) is 0 Å². The Bertz CT molecular complexity index is 1110. The fraction of sp³-hybridized carbons (Fsp3) is 0.435. The highest BCUT2D eigenvalue weighted by Crippen LogP contribution is 2.32. The largest absolute Gasteiger partial charge is 0.494 e. The van der Waals surface area contributed by atoms with Crippen LogP contribution in [0, 0.1) is 17.7 Å². The fourth-order valence-corrected chi connectivity index (χ4v) is 4.51. The van der Waals surface area contributed by atoms with Gasteiger partial charge < -0.3 is 4.74 Å². The lowest BCUT2D eigenvalue weighted by atomic mass is 9.79. The first-order valence-electron chi connectivity index (χ1n) is 10.3. The van der Waals surface area contributed by atoms with E-state index < -0.39 is 5.82 Å². The number of aryl methyl sites for hydroxylation is 1. The molecule has 0 bridgehead atoms. The number of carbonyl (C=O) groups excluding carboxylic acids is 1. The first-order valence-corrected chi connectivity index (χ1v) is 10.3. The van der Waals surface area contributed by atoms with Gasteiger partial charge in [-0.15, -0.1) is 0 Å². The third kappa shape index (κ3) is 3.88. The predicted octanol–water partition coefficient (Wildman–Crippen LogP) is 3.50. The van der Waals surface area contributed by atoms with Crippen molar-refractivity contribution in [2.75, 3.05) is 7.11 Å². The van der Waals surface area contributed by atoms with Gasteiger partial charge in [-0.05, 0) is 49.3 Å². The van der Waals surface area contributed by atoms with Crippen molar-refractivity contribution in [1.29, 1.82) is 0 Å². The van der Waals surface area contributed by atoms with Crippen molar-refractivity contribution in [1.82, 2.24) is 14.1 Å². The minimum Gasteiger partial charge on any atom is -0.494 e. The van der Waals surface area contributed by atoms with E-state index in [1.807, 2.05) is 12.1 Å². The van der Waals surface area contributed by atoms with E-state index in [4.69, 9.17) is 4.74 Å². The number of hydrogen-bond donors (Lipinski definition) is 0. The average molecular weight is 411 g/mol. The molecule has 7 heteroatoms.